The normalized spacial score (nSPS) is 12.1. The van der Waals surface area contributed by atoms with Crippen molar-refractivity contribution in [3.8, 4) is 0 Å². The highest BCUT2D eigenvalue weighted by Gasteiger charge is 2.01. The van der Waals surface area contributed by atoms with Gasteiger partial charge in [-0.15, -0.1) is 0 Å². The summed E-state index contributed by atoms with van der Waals surface area (Å²) in [7, 11) is 1.75. The molecule has 0 aromatic carbocycles. The fourth-order valence-electron chi connectivity index (χ4n) is 0.825. The Morgan fingerprint density at radius 3 is 2.83 bits per heavy atom. The Bertz CT molecular complexity index is 148. The van der Waals surface area contributed by atoms with E-state index in [0.29, 0.717) is 6.54 Å². The monoisotopic (exact) mass is 172 g/mol. The van der Waals surface area contributed by atoms with Gasteiger partial charge in [0.1, 0.15) is 6.29 Å². The van der Waals surface area contributed by atoms with Crippen molar-refractivity contribution in [3.05, 3.63) is 0 Å². The molecule has 0 heterocycles. The third-order valence-corrected chi connectivity index (χ3v) is 1.54. The van der Waals surface area contributed by atoms with Gasteiger partial charge in [-0.25, -0.2) is 0 Å². The van der Waals surface area contributed by atoms with E-state index in [1.165, 1.54) is 0 Å². The molecule has 0 unspecified atom stereocenters. The zero-order valence-corrected chi connectivity index (χ0v) is 7.26. The number of hydrogen-bond acceptors (Lipinski definition) is 3. The zero-order chi connectivity index (χ0) is 9.40. The topological polar surface area (TPSA) is 91.0 Å². The maximum absolute atomic E-state index is 10.3. The fourth-order valence-corrected chi connectivity index (χ4v) is 0.825. The molecule has 12 heavy (non-hydrogen) atoms. The lowest BCUT2D eigenvalue weighted by Gasteiger charge is -2.08. The Morgan fingerprint density at radius 2 is 2.42 bits per heavy atom. The predicted octanol–water partition coefficient (Wildman–Crippen LogP) is -0.963. The first-order chi connectivity index (χ1) is 5.70. The molecule has 0 fully saturated rings. The summed E-state index contributed by atoms with van der Waals surface area (Å²) in [5.74, 6) is -0.0258. The lowest BCUT2D eigenvalue weighted by Crippen LogP contribution is -2.32. The average Bonchev–Trinajstić information content (AvgIpc) is 2.04. The van der Waals surface area contributed by atoms with Crippen molar-refractivity contribution in [2.75, 3.05) is 13.6 Å². The molecule has 0 aromatic heterocycles. The molecule has 0 aromatic rings. The summed E-state index contributed by atoms with van der Waals surface area (Å²) < 4.78 is 0. The van der Waals surface area contributed by atoms with Crippen LogP contribution in [0.4, 0.5) is 0 Å². The van der Waals surface area contributed by atoms with Gasteiger partial charge in [0, 0.05) is 6.54 Å². The van der Waals surface area contributed by atoms with Gasteiger partial charge in [0.2, 0.25) is 0 Å². The van der Waals surface area contributed by atoms with Crippen LogP contribution in [0.15, 0.2) is 0 Å². The largest absolute Gasteiger partial charge is 0.370 e. The molecule has 5 heteroatoms. The van der Waals surface area contributed by atoms with Crippen molar-refractivity contribution in [3.63, 3.8) is 0 Å². The molecule has 0 bridgehead atoms. The van der Waals surface area contributed by atoms with Gasteiger partial charge >= 0.3 is 0 Å². The van der Waals surface area contributed by atoms with E-state index in [1.54, 1.807) is 7.05 Å². The Balaban J connectivity index is 3.29. The average molecular weight is 172 g/mol. The number of carbonyl (C=O) groups excluding carboxylic acids is 1. The number of hydrogen-bond donors (Lipinski definition) is 4. The van der Waals surface area contributed by atoms with E-state index in [-0.39, 0.29) is 12.0 Å². The van der Waals surface area contributed by atoms with Crippen LogP contribution in [0.5, 0.6) is 0 Å². The number of likely N-dealkylation sites (N-methyl/N-ethyl adjacent to an activating group) is 1. The molecule has 5 N–H and O–H groups in total. The molecule has 0 spiro atoms. The number of nitrogens with one attached hydrogen (secondary N) is 3. The van der Waals surface area contributed by atoms with E-state index in [1.807, 2.05) is 0 Å². The van der Waals surface area contributed by atoms with E-state index < -0.39 is 0 Å². The first-order valence-corrected chi connectivity index (χ1v) is 3.91. The molecule has 0 amide bonds. The summed E-state index contributed by atoms with van der Waals surface area (Å²) in [6.45, 7) is 0.640. The van der Waals surface area contributed by atoms with Crippen LogP contribution in [-0.2, 0) is 4.79 Å². The second kappa shape index (κ2) is 6.60. The number of nitrogens with two attached hydrogens (primary N) is 1. The fraction of sp³-hybridized carbons (Fsp3) is 0.714. The quantitative estimate of drug-likeness (QED) is 0.180. The molecule has 70 valence electrons. The minimum Gasteiger partial charge on any atom is -0.370 e. The summed E-state index contributed by atoms with van der Waals surface area (Å²) in [5, 5.41) is 12.4. The number of guanidine groups is 1. The summed E-state index contributed by atoms with van der Waals surface area (Å²) >= 11 is 0. The Morgan fingerprint density at radius 1 is 1.75 bits per heavy atom. The van der Waals surface area contributed by atoms with E-state index in [0.717, 1.165) is 19.1 Å². The van der Waals surface area contributed by atoms with Gasteiger partial charge in [-0.2, -0.15) is 0 Å². The maximum atomic E-state index is 10.3. The second-order valence-corrected chi connectivity index (χ2v) is 2.51. The third kappa shape index (κ3) is 5.67. The van der Waals surface area contributed by atoms with Gasteiger partial charge in [-0.3, -0.25) is 5.41 Å². The summed E-state index contributed by atoms with van der Waals surface area (Å²) in [6, 6.07) is -0.0845. The van der Waals surface area contributed by atoms with Gasteiger partial charge in [-0.05, 0) is 19.9 Å². The lowest BCUT2D eigenvalue weighted by atomic mass is 10.2. The molecule has 0 radical (unpaired) electrons. The zero-order valence-electron chi connectivity index (χ0n) is 7.26. The molecule has 0 aliphatic carbocycles. The Labute approximate surface area is 72.2 Å². The van der Waals surface area contributed by atoms with Crippen molar-refractivity contribution in [2.45, 2.75) is 18.9 Å². The summed E-state index contributed by atoms with van der Waals surface area (Å²) in [6.07, 6.45) is 2.47. The number of aldehydes is 1. The van der Waals surface area contributed by atoms with Gasteiger partial charge in [-0.1, -0.05) is 0 Å². The SMILES string of the molecule is CN[C@@H](C=O)CCCNC(=N)N. The van der Waals surface area contributed by atoms with Gasteiger partial charge in [0.05, 0.1) is 6.04 Å². The molecule has 0 aliphatic rings. The van der Waals surface area contributed by atoms with Crippen LogP contribution in [0, 0.1) is 5.41 Å². The maximum Gasteiger partial charge on any atom is 0.185 e. The third-order valence-electron chi connectivity index (χ3n) is 1.54. The molecule has 0 rings (SSSR count). The summed E-state index contributed by atoms with van der Waals surface area (Å²) in [5.41, 5.74) is 5.06. The minimum absolute atomic E-state index is 0.0258. The number of rotatable bonds is 6. The highest BCUT2D eigenvalue weighted by molar-refractivity contribution is 5.74. The van der Waals surface area contributed by atoms with Crippen molar-refractivity contribution >= 4 is 12.2 Å². The number of carbonyl (C=O) groups is 1. The van der Waals surface area contributed by atoms with E-state index in [4.69, 9.17) is 11.1 Å². The van der Waals surface area contributed by atoms with Crippen LogP contribution in [0.1, 0.15) is 12.8 Å². The van der Waals surface area contributed by atoms with Crippen LogP contribution in [0.3, 0.4) is 0 Å². The highest BCUT2D eigenvalue weighted by atomic mass is 16.1. The van der Waals surface area contributed by atoms with Gasteiger partial charge < -0.3 is 21.2 Å². The Hall–Kier alpha value is -1.10. The van der Waals surface area contributed by atoms with Crippen LogP contribution >= 0.6 is 0 Å². The molecule has 0 saturated carbocycles. The van der Waals surface area contributed by atoms with Crippen molar-refractivity contribution < 1.29 is 4.79 Å². The van der Waals surface area contributed by atoms with Crippen molar-refractivity contribution in [2.24, 2.45) is 5.73 Å². The standard InChI is InChI=1S/C7H16N4O/c1-10-6(5-12)3-2-4-11-7(8)9/h5-6,10H,2-4H2,1H3,(H4,8,9,11)/t6-/m1/s1. The van der Waals surface area contributed by atoms with E-state index in [2.05, 4.69) is 10.6 Å². The van der Waals surface area contributed by atoms with Crippen LogP contribution in [0.25, 0.3) is 0 Å². The van der Waals surface area contributed by atoms with E-state index in [9.17, 15) is 4.79 Å². The summed E-state index contributed by atoms with van der Waals surface area (Å²) in [4.78, 5) is 10.3. The first-order valence-electron chi connectivity index (χ1n) is 3.91. The predicted molar refractivity (Wildman–Crippen MR) is 48.1 cm³/mol. The smallest absolute Gasteiger partial charge is 0.185 e. The van der Waals surface area contributed by atoms with Crippen LogP contribution < -0.4 is 16.4 Å². The van der Waals surface area contributed by atoms with Crippen molar-refractivity contribution in [1.82, 2.24) is 10.6 Å². The minimum atomic E-state index is -0.0845. The lowest BCUT2D eigenvalue weighted by molar-refractivity contribution is -0.109. The Kier molecular flexibility index (Phi) is 6.00. The second-order valence-electron chi connectivity index (χ2n) is 2.51. The van der Waals surface area contributed by atoms with Gasteiger partial charge in [0.15, 0.2) is 5.96 Å². The molecule has 0 aliphatic heterocycles. The molecule has 1 atom stereocenters. The van der Waals surface area contributed by atoms with E-state index >= 15 is 0 Å². The highest BCUT2D eigenvalue weighted by Crippen LogP contribution is 1.91. The van der Waals surface area contributed by atoms with Crippen LogP contribution in [0.2, 0.25) is 0 Å². The van der Waals surface area contributed by atoms with Crippen molar-refractivity contribution in [1.29, 1.82) is 5.41 Å². The molecular formula is C7H16N4O. The first kappa shape index (κ1) is 10.9. The molecular weight excluding hydrogens is 156 g/mol. The van der Waals surface area contributed by atoms with Gasteiger partial charge in [0.25, 0.3) is 0 Å². The molecule has 5 nitrogen and oxygen atoms in total. The van der Waals surface area contributed by atoms with Crippen LogP contribution in [-0.4, -0.2) is 31.9 Å². The molecule has 0 saturated heterocycles.